The van der Waals surface area contributed by atoms with Gasteiger partial charge in [0, 0.05) is 5.02 Å². The van der Waals surface area contributed by atoms with Crippen LogP contribution in [0.25, 0.3) is 0 Å². The highest BCUT2D eigenvalue weighted by molar-refractivity contribution is 6.35. The average Bonchev–Trinajstić information content (AvgIpc) is 2.84. The second-order valence-corrected chi connectivity index (χ2v) is 4.35. The Balaban J connectivity index is 1.92. The van der Waals surface area contributed by atoms with Gasteiger partial charge in [0.05, 0.1) is 23.5 Å². The van der Waals surface area contributed by atoms with Crippen molar-refractivity contribution in [2.45, 2.75) is 6.54 Å². The molecule has 94 valence electrons. The molecule has 0 saturated carbocycles. The summed E-state index contributed by atoms with van der Waals surface area (Å²) in [6, 6.07) is 7.99. The molecule has 0 spiro atoms. The fourth-order valence-electron chi connectivity index (χ4n) is 1.34. The highest BCUT2D eigenvalue weighted by Crippen LogP contribution is 2.25. The number of amides is 2. The van der Waals surface area contributed by atoms with E-state index in [9.17, 15) is 4.79 Å². The van der Waals surface area contributed by atoms with Crippen molar-refractivity contribution in [3.05, 3.63) is 52.4 Å². The lowest BCUT2D eigenvalue weighted by atomic mass is 10.3. The zero-order valence-electron chi connectivity index (χ0n) is 9.24. The fraction of sp³-hybridized carbons (Fsp3) is 0.0833. The zero-order valence-corrected chi connectivity index (χ0v) is 10.8. The van der Waals surface area contributed by atoms with Gasteiger partial charge in [-0.2, -0.15) is 0 Å². The molecule has 0 aliphatic heterocycles. The van der Waals surface area contributed by atoms with Crippen molar-refractivity contribution >= 4 is 34.9 Å². The molecule has 4 nitrogen and oxygen atoms in total. The summed E-state index contributed by atoms with van der Waals surface area (Å²) in [7, 11) is 0. The number of hydrogen-bond acceptors (Lipinski definition) is 2. The third-order valence-electron chi connectivity index (χ3n) is 2.18. The SMILES string of the molecule is O=C(NCc1ccco1)Nc1cc(Cl)ccc1Cl. The van der Waals surface area contributed by atoms with Gasteiger partial charge in [0.25, 0.3) is 0 Å². The molecule has 0 saturated heterocycles. The van der Waals surface area contributed by atoms with Crippen LogP contribution in [-0.4, -0.2) is 6.03 Å². The van der Waals surface area contributed by atoms with Crippen molar-refractivity contribution in [3.8, 4) is 0 Å². The molecular formula is C12H10Cl2N2O2. The first-order valence-corrected chi connectivity index (χ1v) is 5.93. The highest BCUT2D eigenvalue weighted by Gasteiger charge is 2.06. The minimum absolute atomic E-state index is 0.303. The second kappa shape index (κ2) is 5.80. The van der Waals surface area contributed by atoms with E-state index in [1.165, 1.54) is 0 Å². The van der Waals surface area contributed by atoms with Crippen LogP contribution in [0.15, 0.2) is 41.0 Å². The molecule has 2 amide bonds. The van der Waals surface area contributed by atoms with Gasteiger partial charge in [-0.15, -0.1) is 0 Å². The van der Waals surface area contributed by atoms with Crippen molar-refractivity contribution in [1.29, 1.82) is 0 Å². The lowest BCUT2D eigenvalue weighted by Crippen LogP contribution is -2.28. The Labute approximate surface area is 114 Å². The van der Waals surface area contributed by atoms with Crippen molar-refractivity contribution in [2.75, 3.05) is 5.32 Å². The number of benzene rings is 1. The summed E-state index contributed by atoms with van der Waals surface area (Å²) < 4.78 is 5.09. The van der Waals surface area contributed by atoms with E-state index in [0.29, 0.717) is 28.0 Å². The maximum Gasteiger partial charge on any atom is 0.319 e. The molecular weight excluding hydrogens is 275 g/mol. The van der Waals surface area contributed by atoms with Crippen molar-refractivity contribution in [1.82, 2.24) is 5.32 Å². The molecule has 2 rings (SSSR count). The van der Waals surface area contributed by atoms with Crippen LogP contribution in [0.2, 0.25) is 10.0 Å². The summed E-state index contributed by atoms with van der Waals surface area (Å²) in [6.07, 6.45) is 1.54. The molecule has 0 radical (unpaired) electrons. The molecule has 0 atom stereocenters. The van der Waals surface area contributed by atoms with Gasteiger partial charge in [-0.1, -0.05) is 23.2 Å². The lowest BCUT2D eigenvalue weighted by molar-refractivity contribution is 0.251. The smallest absolute Gasteiger partial charge is 0.319 e. The summed E-state index contributed by atoms with van der Waals surface area (Å²) in [5.74, 6) is 0.669. The van der Waals surface area contributed by atoms with E-state index < -0.39 is 0 Å². The summed E-state index contributed by atoms with van der Waals surface area (Å²) in [6.45, 7) is 0.303. The highest BCUT2D eigenvalue weighted by atomic mass is 35.5. The molecule has 1 heterocycles. The van der Waals surface area contributed by atoms with E-state index in [1.54, 1.807) is 36.6 Å². The van der Waals surface area contributed by atoms with Crippen LogP contribution in [-0.2, 0) is 6.54 Å². The maximum absolute atomic E-state index is 11.6. The van der Waals surface area contributed by atoms with E-state index in [-0.39, 0.29) is 6.03 Å². The number of rotatable bonds is 3. The first-order chi connectivity index (χ1) is 8.65. The van der Waals surface area contributed by atoms with E-state index in [4.69, 9.17) is 27.6 Å². The normalized spacial score (nSPS) is 10.1. The van der Waals surface area contributed by atoms with Crippen LogP contribution in [0.5, 0.6) is 0 Å². The lowest BCUT2D eigenvalue weighted by Gasteiger charge is -2.08. The standard InChI is InChI=1S/C12H10Cl2N2O2/c13-8-3-4-10(14)11(6-8)16-12(17)15-7-9-2-1-5-18-9/h1-6H,7H2,(H2,15,16,17). The van der Waals surface area contributed by atoms with Gasteiger partial charge in [-0.05, 0) is 30.3 Å². The molecule has 0 unspecified atom stereocenters. The number of furan rings is 1. The topological polar surface area (TPSA) is 54.3 Å². The third kappa shape index (κ3) is 3.42. The summed E-state index contributed by atoms with van der Waals surface area (Å²) >= 11 is 11.7. The number of anilines is 1. The van der Waals surface area contributed by atoms with Gasteiger partial charge in [0.2, 0.25) is 0 Å². The number of nitrogens with one attached hydrogen (secondary N) is 2. The molecule has 2 aromatic rings. The Morgan fingerprint density at radius 3 is 2.83 bits per heavy atom. The van der Waals surface area contributed by atoms with Gasteiger partial charge < -0.3 is 15.1 Å². The number of carbonyl (C=O) groups is 1. The monoisotopic (exact) mass is 284 g/mol. The molecule has 0 aliphatic carbocycles. The van der Waals surface area contributed by atoms with E-state index in [0.717, 1.165) is 0 Å². The Kier molecular flexibility index (Phi) is 4.12. The fourth-order valence-corrected chi connectivity index (χ4v) is 1.68. The van der Waals surface area contributed by atoms with Crippen molar-refractivity contribution in [3.63, 3.8) is 0 Å². The van der Waals surface area contributed by atoms with E-state index >= 15 is 0 Å². The summed E-state index contributed by atoms with van der Waals surface area (Å²) in [4.78, 5) is 11.6. The summed E-state index contributed by atoms with van der Waals surface area (Å²) in [5.41, 5.74) is 0.459. The van der Waals surface area contributed by atoms with E-state index in [2.05, 4.69) is 10.6 Å². The van der Waals surface area contributed by atoms with Gasteiger partial charge in [-0.25, -0.2) is 4.79 Å². The van der Waals surface area contributed by atoms with Crippen LogP contribution >= 0.6 is 23.2 Å². The number of carbonyl (C=O) groups excluding carboxylic acids is 1. The molecule has 0 aliphatic rings. The molecule has 1 aromatic carbocycles. The number of urea groups is 1. The Morgan fingerprint density at radius 2 is 2.11 bits per heavy atom. The first kappa shape index (κ1) is 12.8. The quantitative estimate of drug-likeness (QED) is 0.898. The predicted molar refractivity (Wildman–Crippen MR) is 71.0 cm³/mol. The Hall–Kier alpha value is -1.65. The second-order valence-electron chi connectivity index (χ2n) is 3.51. The molecule has 18 heavy (non-hydrogen) atoms. The summed E-state index contributed by atoms with van der Waals surface area (Å²) in [5, 5.41) is 6.16. The van der Waals surface area contributed by atoms with Crippen LogP contribution in [0.4, 0.5) is 10.5 Å². The molecule has 6 heteroatoms. The molecule has 0 fully saturated rings. The molecule has 2 N–H and O–H groups in total. The van der Waals surface area contributed by atoms with Gasteiger partial charge in [0.1, 0.15) is 5.76 Å². The molecule has 1 aromatic heterocycles. The van der Waals surface area contributed by atoms with Gasteiger partial charge in [0.15, 0.2) is 0 Å². The van der Waals surface area contributed by atoms with Gasteiger partial charge >= 0.3 is 6.03 Å². The third-order valence-corrected chi connectivity index (χ3v) is 2.74. The van der Waals surface area contributed by atoms with Crippen LogP contribution in [0.3, 0.4) is 0 Å². The van der Waals surface area contributed by atoms with Crippen LogP contribution < -0.4 is 10.6 Å². The molecule has 0 bridgehead atoms. The number of hydrogen-bond donors (Lipinski definition) is 2. The van der Waals surface area contributed by atoms with E-state index in [1.807, 2.05) is 0 Å². The minimum atomic E-state index is -0.379. The van der Waals surface area contributed by atoms with Crippen LogP contribution in [0.1, 0.15) is 5.76 Å². The number of halogens is 2. The maximum atomic E-state index is 11.6. The average molecular weight is 285 g/mol. The largest absolute Gasteiger partial charge is 0.467 e. The Bertz CT molecular complexity index is 541. The predicted octanol–water partition coefficient (Wildman–Crippen LogP) is 3.91. The first-order valence-electron chi connectivity index (χ1n) is 5.17. The van der Waals surface area contributed by atoms with Crippen molar-refractivity contribution in [2.24, 2.45) is 0 Å². The zero-order chi connectivity index (χ0) is 13.0. The minimum Gasteiger partial charge on any atom is -0.467 e. The Morgan fingerprint density at radius 1 is 1.28 bits per heavy atom. The van der Waals surface area contributed by atoms with Gasteiger partial charge in [-0.3, -0.25) is 0 Å². The van der Waals surface area contributed by atoms with Crippen LogP contribution in [0, 0.1) is 0 Å². The van der Waals surface area contributed by atoms with Crippen molar-refractivity contribution < 1.29 is 9.21 Å².